The molecule has 1 amide bonds. The van der Waals surface area contributed by atoms with Crippen molar-refractivity contribution in [2.75, 3.05) is 10.0 Å². The van der Waals surface area contributed by atoms with Gasteiger partial charge in [0.25, 0.3) is 15.9 Å². The molecule has 0 saturated carbocycles. The monoisotopic (exact) mass is 494 g/mol. The van der Waals surface area contributed by atoms with Gasteiger partial charge in [0.05, 0.1) is 16.1 Å². The fourth-order valence-electron chi connectivity index (χ4n) is 3.28. The van der Waals surface area contributed by atoms with Gasteiger partial charge < -0.3 is 10.1 Å². The van der Waals surface area contributed by atoms with Crippen molar-refractivity contribution < 1.29 is 27.5 Å². The SMILES string of the molecule is CC(=O)c1cccc(NC(=O)C(C)OC(=O)c2ccccc2NS(=O)(=O)c2cc(C)ccc2C)c1. The van der Waals surface area contributed by atoms with E-state index in [4.69, 9.17) is 4.74 Å². The highest BCUT2D eigenvalue weighted by Gasteiger charge is 2.24. The van der Waals surface area contributed by atoms with Crippen molar-refractivity contribution in [2.45, 2.75) is 38.7 Å². The number of carbonyl (C=O) groups excluding carboxylic acids is 3. The third kappa shape index (κ3) is 6.33. The van der Waals surface area contributed by atoms with Crippen LogP contribution < -0.4 is 10.0 Å². The van der Waals surface area contributed by atoms with Crippen LogP contribution in [0.1, 0.15) is 45.7 Å². The Balaban J connectivity index is 1.76. The van der Waals surface area contributed by atoms with E-state index in [2.05, 4.69) is 10.0 Å². The van der Waals surface area contributed by atoms with Crippen molar-refractivity contribution in [2.24, 2.45) is 0 Å². The number of para-hydroxylation sites is 1. The maximum atomic E-state index is 13.0. The number of rotatable bonds is 8. The Morgan fingerprint density at radius 2 is 1.63 bits per heavy atom. The lowest BCUT2D eigenvalue weighted by Gasteiger charge is -2.16. The van der Waals surface area contributed by atoms with Gasteiger partial charge in [-0.25, -0.2) is 13.2 Å². The van der Waals surface area contributed by atoms with Gasteiger partial charge in [0.15, 0.2) is 11.9 Å². The number of nitrogens with one attached hydrogen (secondary N) is 2. The number of ether oxygens (including phenoxy) is 1. The van der Waals surface area contributed by atoms with Crippen LogP contribution in [0.4, 0.5) is 11.4 Å². The zero-order valence-electron chi connectivity index (χ0n) is 19.8. The third-order valence-corrected chi connectivity index (χ3v) is 6.72. The summed E-state index contributed by atoms with van der Waals surface area (Å²) in [6, 6.07) is 17.4. The molecule has 0 radical (unpaired) electrons. The van der Waals surface area contributed by atoms with E-state index in [1.54, 1.807) is 56.3 Å². The molecule has 0 bridgehead atoms. The van der Waals surface area contributed by atoms with Crippen LogP contribution in [0.15, 0.2) is 71.6 Å². The van der Waals surface area contributed by atoms with E-state index in [1.807, 2.05) is 6.07 Å². The second-order valence-corrected chi connectivity index (χ2v) is 9.74. The van der Waals surface area contributed by atoms with E-state index in [0.717, 1.165) is 5.56 Å². The van der Waals surface area contributed by atoms with Crippen molar-refractivity contribution in [3.63, 3.8) is 0 Å². The molecule has 1 atom stereocenters. The minimum atomic E-state index is -3.98. The molecule has 2 N–H and O–H groups in total. The van der Waals surface area contributed by atoms with Gasteiger partial charge in [-0.05, 0) is 69.2 Å². The number of anilines is 2. The first kappa shape index (κ1) is 25.6. The maximum Gasteiger partial charge on any atom is 0.341 e. The zero-order chi connectivity index (χ0) is 25.8. The molecular formula is C26H26N2O6S. The summed E-state index contributed by atoms with van der Waals surface area (Å²) in [5.41, 5.74) is 2.13. The number of carbonyl (C=O) groups is 3. The van der Waals surface area contributed by atoms with E-state index in [9.17, 15) is 22.8 Å². The minimum absolute atomic E-state index is 0.0279. The molecular weight excluding hydrogens is 468 g/mol. The molecule has 0 saturated heterocycles. The average molecular weight is 495 g/mol. The lowest BCUT2D eigenvalue weighted by molar-refractivity contribution is -0.123. The molecule has 0 spiro atoms. The van der Waals surface area contributed by atoms with E-state index in [-0.39, 0.29) is 21.9 Å². The van der Waals surface area contributed by atoms with E-state index in [1.165, 1.54) is 32.0 Å². The molecule has 9 heteroatoms. The van der Waals surface area contributed by atoms with Crippen molar-refractivity contribution in [3.05, 3.63) is 89.0 Å². The first-order chi connectivity index (χ1) is 16.5. The molecule has 0 aliphatic heterocycles. The molecule has 182 valence electrons. The van der Waals surface area contributed by atoms with Crippen LogP contribution in [-0.2, 0) is 19.6 Å². The Labute approximate surface area is 204 Å². The third-order valence-electron chi connectivity index (χ3n) is 5.21. The first-order valence-corrected chi connectivity index (χ1v) is 12.3. The summed E-state index contributed by atoms with van der Waals surface area (Å²) >= 11 is 0. The van der Waals surface area contributed by atoms with Crippen LogP contribution in [0.5, 0.6) is 0 Å². The molecule has 3 aromatic rings. The second kappa shape index (κ2) is 10.5. The number of hydrogen-bond acceptors (Lipinski definition) is 6. The van der Waals surface area contributed by atoms with Gasteiger partial charge in [-0.3, -0.25) is 14.3 Å². The Morgan fingerprint density at radius 3 is 2.34 bits per heavy atom. The van der Waals surface area contributed by atoms with Crippen LogP contribution in [0, 0.1) is 13.8 Å². The van der Waals surface area contributed by atoms with Crippen LogP contribution in [0.3, 0.4) is 0 Å². The summed E-state index contributed by atoms with van der Waals surface area (Å²) in [7, 11) is -3.98. The van der Waals surface area contributed by atoms with Gasteiger partial charge in [0.2, 0.25) is 0 Å². The van der Waals surface area contributed by atoms with Gasteiger partial charge in [-0.1, -0.05) is 36.4 Å². The number of amides is 1. The van der Waals surface area contributed by atoms with E-state index >= 15 is 0 Å². The van der Waals surface area contributed by atoms with Gasteiger partial charge in [-0.15, -0.1) is 0 Å². The fraction of sp³-hybridized carbons (Fsp3) is 0.192. The van der Waals surface area contributed by atoms with Gasteiger partial charge in [-0.2, -0.15) is 0 Å². The molecule has 3 rings (SSSR count). The molecule has 0 aliphatic rings. The molecule has 0 aromatic heterocycles. The molecule has 0 fully saturated rings. The predicted molar refractivity (Wildman–Crippen MR) is 133 cm³/mol. The van der Waals surface area contributed by atoms with Crippen LogP contribution in [-0.4, -0.2) is 32.2 Å². The molecule has 3 aromatic carbocycles. The van der Waals surface area contributed by atoms with Crippen molar-refractivity contribution in [1.29, 1.82) is 0 Å². The first-order valence-electron chi connectivity index (χ1n) is 10.8. The average Bonchev–Trinajstić information content (AvgIpc) is 2.80. The Bertz CT molecular complexity index is 1400. The van der Waals surface area contributed by atoms with Crippen LogP contribution >= 0.6 is 0 Å². The zero-order valence-corrected chi connectivity index (χ0v) is 20.6. The lowest BCUT2D eigenvalue weighted by atomic mass is 10.1. The summed E-state index contributed by atoms with van der Waals surface area (Å²) in [4.78, 5) is 37.0. The van der Waals surface area contributed by atoms with Crippen molar-refractivity contribution in [3.8, 4) is 0 Å². The highest BCUT2D eigenvalue weighted by molar-refractivity contribution is 7.92. The summed E-state index contributed by atoms with van der Waals surface area (Å²) < 4.78 is 33.8. The number of esters is 1. The Morgan fingerprint density at radius 1 is 0.914 bits per heavy atom. The van der Waals surface area contributed by atoms with E-state index in [0.29, 0.717) is 16.8 Å². The lowest BCUT2D eigenvalue weighted by Crippen LogP contribution is -2.30. The number of hydrogen-bond donors (Lipinski definition) is 2. The normalized spacial score (nSPS) is 11.9. The molecule has 0 heterocycles. The Kier molecular flexibility index (Phi) is 7.71. The van der Waals surface area contributed by atoms with Gasteiger partial charge in [0, 0.05) is 11.3 Å². The Hall–Kier alpha value is -3.98. The summed E-state index contributed by atoms with van der Waals surface area (Å²) in [5.74, 6) is -1.63. The number of ketones is 1. The highest BCUT2D eigenvalue weighted by atomic mass is 32.2. The topological polar surface area (TPSA) is 119 Å². The van der Waals surface area contributed by atoms with Crippen LogP contribution in [0.25, 0.3) is 0 Å². The highest BCUT2D eigenvalue weighted by Crippen LogP contribution is 2.24. The van der Waals surface area contributed by atoms with Crippen LogP contribution in [0.2, 0.25) is 0 Å². The van der Waals surface area contributed by atoms with Crippen molar-refractivity contribution >= 4 is 39.1 Å². The standard InChI is InChI=1S/C26H26N2O6S/c1-16-12-13-17(2)24(14-16)35(32,33)28-23-11-6-5-10-22(23)26(31)34-19(4)25(30)27-21-9-7-8-20(15-21)18(3)29/h5-15,19,28H,1-4H3,(H,27,30). The van der Waals surface area contributed by atoms with Gasteiger partial charge in [0.1, 0.15) is 0 Å². The summed E-state index contributed by atoms with van der Waals surface area (Å²) in [6.07, 6.45) is -1.19. The molecule has 0 aliphatic carbocycles. The number of aryl methyl sites for hydroxylation is 2. The fourth-order valence-corrected chi connectivity index (χ4v) is 4.69. The van der Waals surface area contributed by atoms with Gasteiger partial charge >= 0.3 is 5.97 Å². The summed E-state index contributed by atoms with van der Waals surface area (Å²) in [6.45, 7) is 6.27. The van der Waals surface area contributed by atoms with E-state index < -0.39 is 28.0 Å². The molecule has 1 unspecified atom stereocenters. The number of sulfonamides is 1. The smallest absolute Gasteiger partial charge is 0.341 e. The number of Topliss-reactive ketones (excluding diaryl/α,β-unsaturated/α-hetero) is 1. The quantitative estimate of drug-likeness (QED) is 0.352. The molecule has 8 nitrogen and oxygen atoms in total. The predicted octanol–water partition coefficient (Wildman–Crippen LogP) is 4.49. The second-order valence-electron chi connectivity index (χ2n) is 8.09. The summed E-state index contributed by atoms with van der Waals surface area (Å²) in [5, 5.41) is 2.60. The minimum Gasteiger partial charge on any atom is -0.449 e. The largest absolute Gasteiger partial charge is 0.449 e. The maximum absolute atomic E-state index is 13.0. The number of benzene rings is 3. The molecule has 35 heavy (non-hydrogen) atoms. The van der Waals surface area contributed by atoms with Crippen molar-refractivity contribution in [1.82, 2.24) is 0 Å².